The number of thioether (sulfide) groups is 1. The van der Waals surface area contributed by atoms with Gasteiger partial charge in [0.05, 0.1) is 5.92 Å². The van der Waals surface area contributed by atoms with Gasteiger partial charge in [0.15, 0.2) is 0 Å². The van der Waals surface area contributed by atoms with Gasteiger partial charge < -0.3 is 9.84 Å². The van der Waals surface area contributed by atoms with Gasteiger partial charge in [-0.3, -0.25) is 4.79 Å². The van der Waals surface area contributed by atoms with Crippen molar-refractivity contribution in [2.45, 2.75) is 44.0 Å². The van der Waals surface area contributed by atoms with Gasteiger partial charge >= 0.3 is 11.9 Å². The van der Waals surface area contributed by atoms with Crippen LogP contribution >= 0.6 is 24.4 Å². The molecule has 0 aromatic carbocycles. The van der Waals surface area contributed by atoms with Crippen molar-refractivity contribution < 1.29 is 19.4 Å². The first-order chi connectivity index (χ1) is 8.54. The Balaban J connectivity index is 2.39. The molecule has 2 atom stereocenters. The number of carboxylic acid groups (broad SMARTS) is 1. The average Bonchev–Trinajstić information content (AvgIpc) is 2.85. The van der Waals surface area contributed by atoms with Crippen molar-refractivity contribution in [2.75, 3.05) is 11.5 Å². The summed E-state index contributed by atoms with van der Waals surface area (Å²) in [6.45, 7) is 1.68. The first kappa shape index (κ1) is 15.7. The van der Waals surface area contributed by atoms with Gasteiger partial charge in [-0.2, -0.15) is 24.4 Å². The molecule has 1 aliphatic rings. The van der Waals surface area contributed by atoms with Gasteiger partial charge in [-0.05, 0) is 12.8 Å². The Hall–Kier alpha value is -0.360. The van der Waals surface area contributed by atoms with Crippen molar-refractivity contribution in [1.29, 1.82) is 0 Å². The van der Waals surface area contributed by atoms with Crippen LogP contribution in [-0.4, -0.2) is 39.9 Å². The number of aliphatic carboxylic acids is 1. The lowest BCUT2D eigenvalue weighted by Crippen LogP contribution is -2.32. The number of hydrogen-bond acceptors (Lipinski definition) is 5. The van der Waals surface area contributed by atoms with Crippen molar-refractivity contribution >= 4 is 36.3 Å². The Bertz CT molecular complexity index is 290. The fourth-order valence-electron chi connectivity index (χ4n) is 1.77. The first-order valence-corrected chi connectivity index (χ1v) is 7.88. The van der Waals surface area contributed by atoms with Crippen LogP contribution in [0.2, 0.25) is 0 Å². The molecule has 0 spiro atoms. The topological polar surface area (TPSA) is 63.6 Å². The lowest BCUT2D eigenvalue weighted by Gasteiger charge is -2.17. The minimum absolute atomic E-state index is 0.338. The van der Waals surface area contributed by atoms with E-state index in [0.717, 1.165) is 12.8 Å². The zero-order valence-electron chi connectivity index (χ0n) is 10.5. The molecule has 0 amide bonds. The summed E-state index contributed by atoms with van der Waals surface area (Å²) < 4.78 is 5.02. The molecule has 0 heterocycles. The molecular weight excluding hydrogens is 272 g/mol. The molecule has 1 aliphatic carbocycles. The van der Waals surface area contributed by atoms with E-state index in [1.165, 1.54) is 12.8 Å². The predicted octanol–water partition coefficient (Wildman–Crippen LogP) is 2.22. The third-order valence-electron chi connectivity index (χ3n) is 3.00. The van der Waals surface area contributed by atoms with Gasteiger partial charge in [-0.15, -0.1) is 0 Å². The standard InChI is InChI=1S/C12H20O4S2/c1-8(6-17)12(15)16-10(11(13)14)7-18-9-4-2-3-5-9/h8-10,17H,2-7H2,1H3,(H,13,14)/t8-,10?/m0/s1. The van der Waals surface area contributed by atoms with Crippen LogP contribution in [0, 0.1) is 5.92 Å². The number of ether oxygens (including phenoxy) is 1. The van der Waals surface area contributed by atoms with Crippen molar-refractivity contribution in [3.63, 3.8) is 0 Å². The monoisotopic (exact) mass is 292 g/mol. The number of carboxylic acids is 1. The van der Waals surface area contributed by atoms with E-state index in [2.05, 4.69) is 12.6 Å². The molecule has 1 rings (SSSR count). The molecule has 4 nitrogen and oxygen atoms in total. The normalized spacial score (nSPS) is 19.4. The minimum Gasteiger partial charge on any atom is -0.478 e. The van der Waals surface area contributed by atoms with Crippen LogP contribution < -0.4 is 0 Å². The Labute approximate surface area is 117 Å². The Morgan fingerprint density at radius 2 is 2.06 bits per heavy atom. The van der Waals surface area contributed by atoms with Crippen LogP contribution in [0.25, 0.3) is 0 Å². The molecule has 104 valence electrons. The summed E-state index contributed by atoms with van der Waals surface area (Å²) in [6, 6.07) is 0. The Morgan fingerprint density at radius 1 is 1.44 bits per heavy atom. The lowest BCUT2D eigenvalue weighted by atomic mass is 10.2. The maximum absolute atomic E-state index is 11.5. The van der Waals surface area contributed by atoms with E-state index >= 15 is 0 Å². The van der Waals surface area contributed by atoms with E-state index in [9.17, 15) is 9.59 Å². The van der Waals surface area contributed by atoms with E-state index in [4.69, 9.17) is 9.84 Å². The number of hydrogen-bond donors (Lipinski definition) is 2. The summed E-state index contributed by atoms with van der Waals surface area (Å²) in [4.78, 5) is 22.6. The molecule has 1 unspecified atom stereocenters. The van der Waals surface area contributed by atoms with E-state index < -0.39 is 18.0 Å². The molecule has 18 heavy (non-hydrogen) atoms. The van der Waals surface area contributed by atoms with E-state index in [0.29, 0.717) is 16.8 Å². The van der Waals surface area contributed by atoms with Gasteiger partial charge in [0, 0.05) is 16.8 Å². The second-order valence-corrected chi connectivity index (χ2v) is 6.29. The van der Waals surface area contributed by atoms with E-state index in [1.807, 2.05) is 0 Å². The van der Waals surface area contributed by atoms with Crippen molar-refractivity contribution in [3.8, 4) is 0 Å². The van der Waals surface area contributed by atoms with Gasteiger partial charge in [0.25, 0.3) is 0 Å². The number of rotatable bonds is 7. The molecule has 0 aromatic rings. The highest BCUT2D eigenvalue weighted by atomic mass is 32.2. The van der Waals surface area contributed by atoms with Crippen LogP contribution in [0.4, 0.5) is 0 Å². The molecule has 0 aliphatic heterocycles. The molecule has 1 saturated carbocycles. The van der Waals surface area contributed by atoms with Crippen molar-refractivity contribution in [1.82, 2.24) is 0 Å². The summed E-state index contributed by atoms with van der Waals surface area (Å²) in [5.41, 5.74) is 0. The number of thiol groups is 1. The highest BCUT2D eigenvalue weighted by Crippen LogP contribution is 2.30. The average molecular weight is 292 g/mol. The summed E-state index contributed by atoms with van der Waals surface area (Å²) >= 11 is 5.60. The zero-order chi connectivity index (χ0) is 13.5. The Kier molecular flexibility index (Phi) is 6.92. The summed E-state index contributed by atoms with van der Waals surface area (Å²) in [5.74, 6) is -1.22. The van der Waals surface area contributed by atoms with Gasteiger partial charge in [0.2, 0.25) is 6.10 Å². The molecule has 0 bridgehead atoms. The fourth-order valence-corrected chi connectivity index (χ4v) is 3.24. The molecule has 0 saturated heterocycles. The summed E-state index contributed by atoms with van der Waals surface area (Å²) in [7, 11) is 0. The molecule has 1 fully saturated rings. The number of esters is 1. The van der Waals surface area contributed by atoms with Gasteiger partial charge in [0.1, 0.15) is 0 Å². The smallest absolute Gasteiger partial charge is 0.345 e. The number of carbonyl (C=O) groups is 2. The van der Waals surface area contributed by atoms with Crippen LogP contribution in [0.15, 0.2) is 0 Å². The highest BCUT2D eigenvalue weighted by Gasteiger charge is 2.26. The lowest BCUT2D eigenvalue weighted by molar-refractivity contribution is -0.164. The maximum Gasteiger partial charge on any atom is 0.345 e. The van der Waals surface area contributed by atoms with Crippen molar-refractivity contribution in [2.24, 2.45) is 5.92 Å². The molecule has 0 radical (unpaired) electrons. The highest BCUT2D eigenvalue weighted by molar-refractivity contribution is 8.00. The predicted molar refractivity (Wildman–Crippen MR) is 75.2 cm³/mol. The molecule has 6 heteroatoms. The van der Waals surface area contributed by atoms with Crippen molar-refractivity contribution in [3.05, 3.63) is 0 Å². The quantitative estimate of drug-likeness (QED) is 0.556. The Morgan fingerprint density at radius 3 is 2.56 bits per heavy atom. The summed E-state index contributed by atoms with van der Waals surface area (Å²) in [5, 5.41) is 9.56. The van der Waals surface area contributed by atoms with Crippen LogP contribution in [0.3, 0.4) is 0 Å². The SMILES string of the molecule is C[C@@H](CS)C(=O)OC(CSC1CCCC1)C(=O)O. The fraction of sp³-hybridized carbons (Fsp3) is 0.833. The van der Waals surface area contributed by atoms with E-state index in [1.54, 1.807) is 18.7 Å². The minimum atomic E-state index is -1.07. The maximum atomic E-state index is 11.5. The van der Waals surface area contributed by atoms with Gasteiger partial charge in [-0.25, -0.2) is 4.79 Å². The second kappa shape index (κ2) is 7.94. The second-order valence-electron chi connectivity index (χ2n) is 4.59. The molecule has 1 N–H and O–H groups in total. The number of carbonyl (C=O) groups excluding carboxylic acids is 1. The molecular formula is C12H20O4S2. The van der Waals surface area contributed by atoms with Crippen LogP contribution in [0.1, 0.15) is 32.6 Å². The van der Waals surface area contributed by atoms with Crippen LogP contribution in [-0.2, 0) is 14.3 Å². The van der Waals surface area contributed by atoms with E-state index in [-0.39, 0.29) is 5.92 Å². The summed E-state index contributed by atoms with van der Waals surface area (Å²) in [6.07, 6.45) is 3.67. The largest absolute Gasteiger partial charge is 0.478 e. The van der Waals surface area contributed by atoms with Crippen LogP contribution in [0.5, 0.6) is 0 Å². The zero-order valence-corrected chi connectivity index (χ0v) is 12.2. The third kappa shape index (κ3) is 5.10. The van der Waals surface area contributed by atoms with Gasteiger partial charge in [-0.1, -0.05) is 19.8 Å². The first-order valence-electron chi connectivity index (χ1n) is 6.20. The third-order valence-corrected chi connectivity index (χ3v) is 4.98. The molecule has 0 aromatic heterocycles.